The van der Waals surface area contributed by atoms with Crippen LogP contribution in [0.15, 0.2) is 18.3 Å². The maximum atomic E-state index is 12.7. The van der Waals surface area contributed by atoms with Gasteiger partial charge in [-0.3, -0.25) is 4.79 Å². The maximum absolute atomic E-state index is 12.7. The summed E-state index contributed by atoms with van der Waals surface area (Å²) >= 11 is 0. The first-order chi connectivity index (χ1) is 8.54. The fraction of sp³-hybridized carbons (Fsp3) is 0.538. The van der Waals surface area contributed by atoms with Crippen LogP contribution in [0.1, 0.15) is 20.3 Å². The average molecular weight is 251 g/mol. The Hall–Kier alpha value is -1.49. The summed E-state index contributed by atoms with van der Waals surface area (Å²) in [6.45, 7) is 5.64. The van der Waals surface area contributed by atoms with Gasteiger partial charge in [0.2, 0.25) is 11.9 Å². The highest BCUT2D eigenvalue weighted by Crippen LogP contribution is 2.35. The van der Waals surface area contributed by atoms with Gasteiger partial charge < -0.3 is 10.6 Å². The summed E-state index contributed by atoms with van der Waals surface area (Å²) in [5.41, 5.74) is 0.155. The van der Waals surface area contributed by atoms with Crippen LogP contribution in [0.25, 0.3) is 0 Å². The van der Waals surface area contributed by atoms with Gasteiger partial charge in [-0.1, -0.05) is 13.8 Å². The van der Waals surface area contributed by atoms with E-state index in [2.05, 4.69) is 29.5 Å². The van der Waals surface area contributed by atoms with Crippen molar-refractivity contribution in [2.75, 3.05) is 18.4 Å². The molecule has 2 N–H and O–H groups in total. The minimum atomic E-state index is -0.547. The van der Waals surface area contributed by atoms with Crippen LogP contribution in [0.2, 0.25) is 0 Å². The lowest BCUT2D eigenvalue weighted by Gasteiger charge is -2.30. The van der Waals surface area contributed by atoms with E-state index in [1.54, 1.807) is 0 Å². The maximum Gasteiger partial charge on any atom is 0.232 e. The molecule has 1 aliphatic rings. The van der Waals surface area contributed by atoms with Gasteiger partial charge in [0.1, 0.15) is 0 Å². The molecule has 0 aromatic carbocycles. The molecule has 0 bridgehead atoms. The predicted octanol–water partition coefficient (Wildman–Crippen LogP) is 1.79. The Labute approximate surface area is 106 Å². The Morgan fingerprint density at radius 2 is 2.33 bits per heavy atom. The van der Waals surface area contributed by atoms with Crippen molar-refractivity contribution in [2.24, 2.45) is 11.3 Å². The van der Waals surface area contributed by atoms with Gasteiger partial charge >= 0.3 is 0 Å². The van der Waals surface area contributed by atoms with E-state index in [0.717, 1.165) is 13.0 Å². The molecule has 1 atom stereocenters. The molecule has 1 aromatic heterocycles. The van der Waals surface area contributed by atoms with Crippen molar-refractivity contribution >= 4 is 11.6 Å². The van der Waals surface area contributed by atoms with Crippen molar-refractivity contribution in [2.45, 2.75) is 20.3 Å². The largest absolute Gasteiger partial charge is 0.324 e. The Morgan fingerprint density at radius 1 is 1.56 bits per heavy atom. The van der Waals surface area contributed by atoms with Crippen LogP contribution in [0.5, 0.6) is 0 Å². The lowest BCUT2D eigenvalue weighted by molar-refractivity contribution is -0.126. The molecular formula is C13H18FN3O. The zero-order valence-electron chi connectivity index (χ0n) is 10.7. The monoisotopic (exact) mass is 251 g/mol. The summed E-state index contributed by atoms with van der Waals surface area (Å²) in [5.74, 6) is -0.314. The Kier molecular flexibility index (Phi) is 3.61. The van der Waals surface area contributed by atoms with Crippen molar-refractivity contribution in [1.29, 1.82) is 0 Å². The Bertz CT molecular complexity index is 424. The topological polar surface area (TPSA) is 54.0 Å². The molecule has 0 saturated carbocycles. The van der Waals surface area contributed by atoms with Crippen molar-refractivity contribution in [1.82, 2.24) is 10.3 Å². The smallest absolute Gasteiger partial charge is 0.232 e. The van der Waals surface area contributed by atoms with Crippen LogP contribution in [0, 0.1) is 17.3 Å². The predicted molar refractivity (Wildman–Crippen MR) is 67.6 cm³/mol. The first kappa shape index (κ1) is 13.0. The van der Waals surface area contributed by atoms with E-state index < -0.39 is 5.95 Å². The molecule has 2 heterocycles. The summed E-state index contributed by atoms with van der Waals surface area (Å²) < 4.78 is 12.7. The molecule has 1 unspecified atom stereocenters. The second kappa shape index (κ2) is 5.02. The van der Waals surface area contributed by atoms with E-state index >= 15 is 0 Å². The highest BCUT2D eigenvalue weighted by Gasteiger charge is 2.43. The van der Waals surface area contributed by atoms with E-state index in [1.807, 2.05) is 0 Å². The number of amides is 1. The summed E-state index contributed by atoms with van der Waals surface area (Å²) in [4.78, 5) is 15.9. The van der Waals surface area contributed by atoms with E-state index in [1.165, 1.54) is 18.3 Å². The molecule has 1 amide bonds. The molecular weight excluding hydrogens is 233 g/mol. The third-order valence-corrected chi connectivity index (χ3v) is 3.73. The van der Waals surface area contributed by atoms with E-state index in [9.17, 15) is 9.18 Å². The molecule has 2 rings (SSSR count). The molecule has 0 spiro atoms. The summed E-state index contributed by atoms with van der Waals surface area (Å²) in [7, 11) is 0. The van der Waals surface area contributed by atoms with Crippen LogP contribution in [0.4, 0.5) is 10.1 Å². The second-order valence-electron chi connectivity index (χ2n) is 5.06. The molecule has 5 heteroatoms. The van der Waals surface area contributed by atoms with Gasteiger partial charge in [0, 0.05) is 6.54 Å². The van der Waals surface area contributed by atoms with Gasteiger partial charge in [-0.2, -0.15) is 4.39 Å². The molecule has 1 saturated heterocycles. The minimum absolute atomic E-state index is 0.0177. The van der Waals surface area contributed by atoms with E-state index in [-0.39, 0.29) is 17.2 Å². The molecule has 1 fully saturated rings. The number of anilines is 1. The number of rotatable bonds is 3. The number of carbonyl (C=O) groups excluding carboxylic acids is 1. The Morgan fingerprint density at radius 3 is 2.83 bits per heavy atom. The first-order valence-electron chi connectivity index (χ1n) is 6.18. The van der Waals surface area contributed by atoms with Gasteiger partial charge in [0.15, 0.2) is 0 Å². The van der Waals surface area contributed by atoms with Crippen LogP contribution < -0.4 is 10.6 Å². The normalized spacial score (nSPS) is 23.3. The Balaban J connectivity index is 2.13. The number of hydrogen-bond donors (Lipinski definition) is 2. The van der Waals surface area contributed by atoms with Gasteiger partial charge in [0.25, 0.3) is 0 Å². The second-order valence-corrected chi connectivity index (χ2v) is 5.06. The van der Waals surface area contributed by atoms with Crippen LogP contribution in [-0.4, -0.2) is 24.0 Å². The third kappa shape index (κ3) is 2.36. The molecule has 98 valence electrons. The summed E-state index contributed by atoms with van der Waals surface area (Å²) in [6, 6.07) is 2.77. The van der Waals surface area contributed by atoms with Crippen molar-refractivity contribution < 1.29 is 9.18 Å². The van der Waals surface area contributed by atoms with Crippen LogP contribution in [0.3, 0.4) is 0 Å². The van der Waals surface area contributed by atoms with Crippen molar-refractivity contribution in [3.63, 3.8) is 0 Å². The highest BCUT2D eigenvalue weighted by molar-refractivity contribution is 5.95. The molecule has 0 radical (unpaired) electrons. The zero-order valence-corrected chi connectivity index (χ0v) is 10.7. The molecule has 18 heavy (non-hydrogen) atoms. The number of nitrogens with zero attached hydrogens (tertiary/aromatic N) is 1. The fourth-order valence-electron chi connectivity index (χ4n) is 2.37. The summed E-state index contributed by atoms with van der Waals surface area (Å²) in [6.07, 6.45) is 2.16. The lowest BCUT2D eigenvalue weighted by atomic mass is 9.75. The fourth-order valence-corrected chi connectivity index (χ4v) is 2.37. The number of nitrogens with one attached hydrogen (secondary N) is 2. The van der Waals surface area contributed by atoms with Gasteiger partial charge in [-0.05, 0) is 31.0 Å². The molecule has 0 aliphatic carbocycles. The average Bonchev–Trinajstić information content (AvgIpc) is 2.82. The van der Waals surface area contributed by atoms with E-state index in [4.69, 9.17) is 0 Å². The zero-order chi connectivity index (χ0) is 13.2. The number of hydrogen-bond acceptors (Lipinski definition) is 3. The quantitative estimate of drug-likeness (QED) is 0.805. The molecule has 1 aromatic rings. The number of aromatic nitrogens is 1. The number of pyridine rings is 1. The summed E-state index contributed by atoms with van der Waals surface area (Å²) in [5, 5.41) is 6.06. The highest BCUT2D eigenvalue weighted by atomic mass is 19.1. The first-order valence-corrected chi connectivity index (χ1v) is 6.18. The van der Waals surface area contributed by atoms with Gasteiger partial charge in [-0.25, -0.2) is 4.98 Å². The molecule has 1 aliphatic heterocycles. The third-order valence-electron chi connectivity index (χ3n) is 3.73. The standard InChI is InChI=1S/C13H18FN3O/c1-9(2)13(5-6-15-8-13)12(18)17-10-3-4-11(14)16-7-10/h3-4,7,9,15H,5-6,8H2,1-2H3,(H,17,18). The minimum Gasteiger partial charge on any atom is -0.324 e. The van der Waals surface area contributed by atoms with Gasteiger partial charge in [-0.15, -0.1) is 0 Å². The lowest BCUT2D eigenvalue weighted by Crippen LogP contribution is -2.42. The van der Waals surface area contributed by atoms with E-state index in [0.29, 0.717) is 12.2 Å². The SMILES string of the molecule is CC(C)C1(C(=O)Nc2ccc(F)nc2)CCNC1. The number of carbonyl (C=O) groups is 1. The van der Waals surface area contributed by atoms with Crippen LogP contribution >= 0.6 is 0 Å². The number of halogens is 1. The molecule has 4 nitrogen and oxygen atoms in total. The van der Waals surface area contributed by atoms with Gasteiger partial charge in [0.05, 0.1) is 17.3 Å². The van der Waals surface area contributed by atoms with Crippen molar-refractivity contribution in [3.05, 3.63) is 24.3 Å². The van der Waals surface area contributed by atoms with Crippen molar-refractivity contribution in [3.8, 4) is 0 Å². The van der Waals surface area contributed by atoms with Crippen LogP contribution in [-0.2, 0) is 4.79 Å².